The molecule has 25 heavy (non-hydrogen) atoms. The van der Waals surface area contributed by atoms with Gasteiger partial charge in [0.25, 0.3) is 5.56 Å². The first-order valence-corrected chi connectivity index (χ1v) is 9.61. The van der Waals surface area contributed by atoms with E-state index in [1.807, 2.05) is 37.3 Å². The number of ketones is 1. The van der Waals surface area contributed by atoms with Gasteiger partial charge in [0.1, 0.15) is 9.84 Å². The van der Waals surface area contributed by atoms with Crippen LogP contribution in [-0.4, -0.2) is 20.3 Å². The molecule has 4 aromatic rings. The van der Waals surface area contributed by atoms with Crippen molar-refractivity contribution in [2.45, 2.75) is 26.3 Å². The molecule has 0 fully saturated rings. The van der Waals surface area contributed by atoms with E-state index in [-0.39, 0.29) is 24.3 Å². The summed E-state index contributed by atoms with van der Waals surface area (Å²) in [4.78, 5) is 35.6. The summed E-state index contributed by atoms with van der Waals surface area (Å²) in [6.07, 6.45) is 2.57. The number of hydrogen-bond acceptors (Lipinski definition) is 6. The van der Waals surface area contributed by atoms with Crippen molar-refractivity contribution in [3.63, 3.8) is 0 Å². The molecule has 0 atom stereocenters. The molecule has 126 valence electrons. The fourth-order valence-corrected chi connectivity index (χ4v) is 4.63. The lowest BCUT2D eigenvalue weighted by atomic mass is 10.2. The van der Waals surface area contributed by atoms with Gasteiger partial charge in [-0.25, -0.2) is 9.97 Å². The van der Waals surface area contributed by atoms with E-state index in [4.69, 9.17) is 0 Å². The second kappa shape index (κ2) is 6.50. The highest BCUT2D eigenvalue weighted by atomic mass is 32.1. The number of nitrogens with zero attached hydrogens (tertiary/aromatic N) is 3. The lowest BCUT2D eigenvalue weighted by Gasteiger charge is -2.03. The number of hydrogen-bond donors (Lipinski definition) is 0. The van der Waals surface area contributed by atoms with Gasteiger partial charge in [-0.2, -0.15) is 0 Å². The Kier molecular flexibility index (Phi) is 4.19. The van der Waals surface area contributed by atoms with Crippen LogP contribution in [0.1, 0.15) is 16.8 Å². The number of thiazole rings is 1. The largest absolute Gasteiger partial charge is 0.297 e. The molecule has 0 aliphatic heterocycles. The van der Waals surface area contributed by atoms with Crippen molar-refractivity contribution >= 4 is 48.9 Å². The minimum atomic E-state index is -0.154. The molecule has 0 N–H and O–H groups in total. The Labute approximate surface area is 151 Å². The van der Waals surface area contributed by atoms with Crippen molar-refractivity contribution in [2.24, 2.45) is 0 Å². The van der Waals surface area contributed by atoms with Gasteiger partial charge in [0.05, 0.1) is 34.9 Å². The monoisotopic (exact) mass is 369 g/mol. The first-order chi connectivity index (χ1) is 12.1. The maximum absolute atomic E-state index is 12.6. The minimum absolute atomic E-state index is 0.0228. The van der Waals surface area contributed by atoms with E-state index in [1.54, 1.807) is 0 Å². The van der Waals surface area contributed by atoms with Crippen LogP contribution in [0.3, 0.4) is 0 Å². The fourth-order valence-electron chi connectivity index (χ4n) is 2.71. The molecule has 3 aromatic heterocycles. The zero-order valence-corrected chi connectivity index (χ0v) is 15.2. The van der Waals surface area contributed by atoms with Gasteiger partial charge in [0.2, 0.25) is 0 Å². The summed E-state index contributed by atoms with van der Waals surface area (Å²) in [5, 5.41) is 1.37. The molecule has 0 saturated carbocycles. The zero-order chi connectivity index (χ0) is 17.4. The molecule has 0 radical (unpaired) electrons. The van der Waals surface area contributed by atoms with Crippen molar-refractivity contribution in [3.8, 4) is 0 Å². The van der Waals surface area contributed by atoms with Crippen LogP contribution in [0.15, 0.2) is 41.5 Å². The first-order valence-electron chi connectivity index (χ1n) is 7.98. The van der Waals surface area contributed by atoms with Gasteiger partial charge < -0.3 is 0 Å². The number of aromatic nitrogens is 3. The van der Waals surface area contributed by atoms with Crippen LogP contribution >= 0.6 is 22.7 Å². The topological polar surface area (TPSA) is 64.8 Å². The average molecular weight is 369 g/mol. The number of carbonyl (C=O) groups is 1. The zero-order valence-electron chi connectivity index (χ0n) is 13.6. The van der Waals surface area contributed by atoms with Gasteiger partial charge >= 0.3 is 0 Å². The van der Waals surface area contributed by atoms with Gasteiger partial charge in [-0.15, -0.1) is 22.7 Å². The summed E-state index contributed by atoms with van der Waals surface area (Å²) >= 11 is 3.04. The number of Topliss-reactive ketones (excluding diaryl/α,β-unsaturated/α-hetero) is 1. The van der Waals surface area contributed by atoms with E-state index in [0.29, 0.717) is 5.39 Å². The highest BCUT2D eigenvalue weighted by Gasteiger charge is 2.13. The van der Waals surface area contributed by atoms with Crippen LogP contribution in [-0.2, 0) is 24.2 Å². The summed E-state index contributed by atoms with van der Waals surface area (Å²) in [6.45, 7) is 2.07. The third-order valence-corrected chi connectivity index (χ3v) is 6.17. The van der Waals surface area contributed by atoms with Gasteiger partial charge in [-0.1, -0.05) is 19.1 Å². The van der Waals surface area contributed by atoms with Crippen molar-refractivity contribution in [3.05, 3.63) is 56.9 Å². The molecule has 0 aliphatic rings. The van der Waals surface area contributed by atoms with Crippen molar-refractivity contribution in [1.29, 1.82) is 0 Å². The van der Waals surface area contributed by atoms with E-state index < -0.39 is 0 Å². The number of para-hydroxylation sites is 1. The highest BCUT2D eigenvalue weighted by molar-refractivity contribution is 7.18. The van der Waals surface area contributed by atoms with Gasteiger partial charge in [0, 0.05) is 4.88 Å². The number of rotatable bonds is 5. The Morgan fingerprint density at radius 3 is 2.88 bits per heavy atom. The number of fused-ring (bicyclic) bond motifs is 2. The van der Waals surface area contributed by atoms with Crippen molar-refractivity contribution < 1.29 is 4.79 Å². The van der Waals surface area contributed by atoms with Crippen LogP contribution in [0.5, 0.6) is 0 Å². The molecule has 1 aromatic carbocycles. The van der Waals surface area contributed by atoms with E-state index in [9.17, 15) is 9.59 Å². The maximum Gasteiger partial charge on any atom is 0.262 e. The van der Waals surface area contributed by atoms with Crippen LogP contribution in [0, 0.1) is 0 Å². The predicted octanol–water partition coefficient (Wildman–Crippen LogP) is 3.44. The SMILES string of the molecule is CCc1cc2c(=O)n(CC(=O)Cc3nc4ccccc4s3)cnc2s1. The van der Waals surface area contributed by atoms with Crippen molar-refractivity contribution in [1.82, 2.24) is 14.5 Å². The number of carbonyl (C=O) groups excluding carboxylic acids is 1. The Morgan fingerprint density at radius 2 is 2.08 bits per heavy atom. The molecule has 0 spiro atoms. The van der Waals surface area contributed by atoms with Gasteiger partial charge in [-0.3, -0.25) is 14.2 Å². The Morgan fingerprint density at radius 1 is 1.24 bits per heavy atom. The van der Waals surface area contributed by atoms with Crippen LogP contribution in [0.4, 0.5) is 0 Å². The molecule has 0 aliphatic carbocycles. The molecular weight excluding hydrogens is 354 g/mol. The second-order valence-corrected chi connectivity index (χ2v) is 7.98. The second-order valence-electron chi connectivity index (χ2n) is 5.75. The third-order valence-electron chi connectivity index (χ3n) is 3.95. The van der Waals surface area contributed by atoms with E-state index in [0.717, 1.165) is 31.4 Å². The summed E-state index contributed by atoms with van der Waals surface area (Å²) in [7, 11) is 0. The van der Waals surface area contributed by atoms with E-state index >= 15 is 0 Å². The van der Waals surface area contributed by atoms with Crippen LogP contribution in [0.2, 0.25) is 0 Å². The molecule has 0 bridgehead atoms. The standard InChI is InChI=1S/C18H15N3O2S2/c1-2-12-8-13-17(24-12)19-10-21(18(13)23)9-11(22)7-16-20-14-5-3-4-6-15(14)25-16/h3-6,8,10H,2,7,9H2,1H3. The van der Waals surface area contributed by atoms with Crippen LogP contribution in [0.25, 0.3) is 20.4 Å². The Hall–Kier alpha value is -2.38. The Balaban J connectivity index is 1.56. The van der Waals surface area contributed by atoms with Gasteiger partial charge in [-0.05, 0) is 24.6 Å². The molecule has 0 saturated heterocycles. The maximum atomic E-state index is 12.6. The summed E-state index contributed by atoms with van der Waals surface area (Å²) in [6, 6.07) is 9.69. The lowest BCUT2D eigenvalue weighted by molar-refractivity contribution is -0.119. The summed E-state index contributed by atoms with van der Waals surface area (Å²) < 4.78 is 2.46. The quantitative estimate of drug-likeness (QED) is 0.540. The summed E-state index contributed by atoms with van der Waals surface area (Å²) in [5.74, 6) is -0.0479. The normalized spacial score (nSPS) is 11.4. The first kappa shape index (κ1) is 16.1. The molecule has 0 amide bonds. The molecular formula is C18H15N3O2S2. The highest BCUT2D eigenvalue weighted by Crippen LogP contribution is 2.22. The third kappa shape index (κ3) is 3.12. The number of aryl methyl sites for hydroxylation is 1. The van der Waals surface area contributed by atoms with Crippen molar-refractivity contribution in [2.75, 3.05) is 0 Å². The molecule has 7 heteroatoms. The number of benzene rings is 1. The van der Waals surface area contributed by atoms with Crippen LogP contribution < -0.4 is 5.56 Å². The number of thiophene rings is 1. The predicted molar refractivity (Wildman–Crippen MR) is 102 cm³/mol. The van der Waals surface area contributed by atoms with E-state index in [2.05, 4.69) is 9.97 Å². The summed E-state index contributed by atoms with van der Waals surface area (Å²) in [5.41, 5.74) is 0.750. The smallest absolute Gasteiger partial charge is 0.262 e. The minimum Gasteiger partial charge on any atom is -0.297 e. The Bertz CT molecular complexity index is 1110. The molecule has 0 unspecified atom stereocenters. The fraction of sp³-hybridized carbons (Fsp3) is 0.222. The lowest BCUT2D eigenvalue weighted by Crippen LogP contribution is -2.24. The van der Waals surface area contributed by atoms with Gasteiger partial charge in [0.15, 0.2) is 5.78 Å². The molecule has 5 nitrogen and oxygen atoms in total. The van der Waals surface area contributed by atoms with E-state index in [1.165, 1.54) is 33.6 Å². The molecule has 3 heterocycles. The molecule has 4 rings (SSSR count). The average Bonchev–Trinajstić information content (AvgIpc) is 3.20.